The summed E-state index contributed by atoms with van der Waals surface area (Å²) in [7, 11) is -3.55. The quantitative estimate of drug-likeness (QED) is 0.317. The Hall–Kier alpha value is -3.65. The van der Waals surface area contributed by atoms with Crippen LogP contribution in [-0.4, -0.2) is 50.0 Å². The second kappa shape index (κ2) is 14.1. The van der Waals surface area contributed by atoms with E-state index in [9.17, 15) is 18.0 Å². The Balaban J connectivity index is 1.88. The van der Waals surface area contributed by atoms with E-state index in [1.165, 1.54) is 10.6 Å². The van der Waals surface area contributed by atoms with Crippen LogP contribution in [0.1, 0.15) is 48.9 Å². The Morgan fingerprint density at radius 2 is 1.48 bits per heavy atom. The van der Waals surface area contributed by atoms with Gasteiger partial charge >= 0.3 is 0 Å². The summed E-state index contributed by atoms with van der Waals surface area (Å²) >= 11 is 0. The van der Waals surface area contributed by atoms with Crippen LogP contribution in [0.25, 0.3) is 0 Å². The molecule has 0 aromatic heterocycles. The topological polar surface area (TPSA) is 86.8 Å². The predicted molar refractivity (Wildman–Crippen MR) is 162 cm³/mol. The number of anilines is 1. The number of carbonyl (C=O) groups excluding carboxylic acids is 2. The Morgan fingerprint density at radius 1 is 0.850 bits per heavy atom. The van der Waals surface area contributed by atoms with Crippen molar-refractivity contribution in [2.75, 3.05) is 17.1 Å². The molecule has 0 unspecified atom stereocenters. The Labute approximate surface area is 239 Å². The first kappa shape index (κ1) is 30.9. The van der Waals surface area contributed by atoms with Crippen molar-refractivity contribution in [3.05, 3.63) is 101 Å². The lowest BCUT2D eigenvalue weighted by Crippen LogP contribution is -2.51. The summed E-state index contributed by atoms with van der Waals surface area (Å²) in [6, 6.07) is 24.1. The van der Waals surface area contributed by atoms with E-state index in [2.05, 4.69) is 5.32 Å². The maximum atomic E-state index is 13.9. The van der Waals surface area contributed by atoms with Crippen LogP contribution in [0.4, 0.5) is 5.69 Å². The first-order valence-corrected chi connectivity index (χ1v) is 15.5. The SMILES string of the molecule is Cc1cccc(CN(C(=O)CCCN(c2cccc(C)c2)S(C)(=O)=O)[C@H](Cc2ccccc2)C(=O)NC(C)C)c1. The van der Waals surface area contributed by atoms with Crippen molar-refractivity contribution < 1.29 is 18.0 Å². The highest BCUT2D eigenvalue weighted by Gasteiger charge is 2.31. The van der Waals surface area contributed by atoms with Gasteiger partial charge in [-0.1, -0.05) is 72.3 Å². The zero-order valence-corrected chi connectivity index (χ0v) is 24.9. The normalized spacial score (nSPS) is 12.2. The third-order valence-electron chi connectivity index (χ3n) is 6.58. The molecule has 0 fully saturated rings. The number of benzene rings is 3. The van der Waals surface area contributed by atoms with Crippen LogP contribution in [-0.2, 0) is 32.6 Å². The third kappa shape index (κ3) is 9.23. The second-order valence-corrected chi connectivity index (χ2v) is 12.6. The second-order valence-electron chi connectivity index (χ2n) is 10.7. The number of carbonyl (C=O) groups is 2. The largest absolute Gasteiger partial charge is 0.352 e. The molecule has 0 spiro atoms. The van der Waals surface area contributed by atoms with Gasteiger partial charge in [0.05, 0.1) is 11.9 Å². The van der Waals surface area contributed by atoms with Gasteiger partial charge in [0.1, 0.15) is 6.04 Å². The fourth-order valence-corrected chi connectivity index (χ4v) is 5.69. The monoisotopic (exact) mass is 563 g/mol. The molecule has 40 heavy (non-hydrogen) atoms. The standard InChI is InChI=1S/C32H41N3O4S/c1-24(2)33-32(37)30(22-27-14-7-6-8-15-27)34(23-28-16-9-12-25(3)20-28)31(36)18-11-19-35(40(5,38)39)29-17-10-13-26(4)21-29/h6-10,12-17,20-21,24,30H,11,18-19,22-23H2,1-5H3,(H,33,37)/t30-/m1/s1. The van der Waals surface area contributed by atoms with Gasteiger partial charge in [0.2, 0.25) is 21.8 Å². The summed E-state index contributed by atoms with van der Waals surface area (Å²) in [6.07, 6.45) is 1.96. The number of amides is 2. The lowest BCUT2D eigenvalue weighted by molar-refractivity contribution is -0.141. The van der Waals surface area contributed by atoms with E-state index in [4.69, 9.17) is 0 Å². The van der Waals surface area contributed by atoms with Crippen molar-refractivity contribution in [1.82, 2.24) is 10.2 Å². The van der Waals surface area contributed by atoms with E-state index in [1.807, 2.05) is 100 Å². The van der Waals surface area contributed by atoms with Gasteiger partial charge in [-0.3, -0.25) is 13.9 Å². The Kier molecular flexibility index (Phi) is 10.9. The lowest BCUT2D eigenvalue weighted by Gasteiger charge is -2.32. The number of aryl methyl sites for hydroxylation is 2. The van der Waals surface area contributed by atoms with Gasteiger partial charge in [0.15, 0.2) is 0 Å². The molecule has 0 aliphatic heterocycles. The summed E-state index contributed by atoms with van der Waals surface area (Å²) in [5, 5.41) is 3.00. The van der Waals surface area contributed by atoms with Crippen LogP contribution in [0.2, 0.25) is 0 Å². The van der Waals surface area contributed by atoms with Crippen molar-refractivity contribution >= 4 is 27.5 Å². The summed E-state index contributed by atoms with van der Waals surface area (Å²) < 4.78 is 26.6. The molecule has 7 nitrogen and oxygen atoms in total. The van der Waals surface area contributed by atoms with E-state index >= 15 is 0 Å². The van der Waals surface area contributed by atoms with Crippen LogP contribution in [0.15, 0.2) is 78.9 Å². The molecular formula is C32H41N3O4S. The molecule has 0 aliphatic carbocycles. The molecular weight excluding hydrogens is 522 g/mol. The van der Waals surface area contributed by atoms with Crippen molar-refractivity contribution in [3.63, 3.8) is 0 Å². The summed E-state index contributed by atoms with van der Waals surface area (Å²) in [4.78, 5) is 29.0. The van der Waals surface area contributed by atoms with Gasteiger partial charge in [0, 0.05) is 32.0 Å². The van der Waals surface area contributed by atoms with Gasteiger partial charge < -0.3 is 10.2 Å². The summed E-state index contributed by atoms with van der Waals surface area (Å²) in [5.41, 5.74) is 4.48. The number of hydrogen-bond acceptors (Lipinski definition) is 4. The predicted octanol–water partition coefficient (Wildman–Crippen LogP) is 5.01. The van der Waals surface area contributed by atoms with E-state index < -0.39 is 16.1 Å². The van der Waals surface area contributed by atoms with Crippen molar-refractivity contribution in [2.45, 2.75) is 65.6 Å². The Bertz CT molecular complexity index is 1390. The molecule has 3 aromatic carbocycles. The highest BCUT2D eigenvalue weighted by atomic mass is 32.2. The highest BCUT2D eigenvalue weighted by Crippen LogP contribution is 2.21. The van der Waals surface area contributed by atoms with E-state index in [-0.39, 0.29) is 37.4 Å². The molecule has 8 heteroatoms. The third-order valence-corrected chi connectivity index (χ3v) is 7.77. The van der Waals surface area contributed by atoms with Crippen LogP contribution in [0, 0.1) is 13.8 Å². The smallest absolute Gasteiger partial charge is 0.243 e. The maximum Gasteiger partial charge on any atom is 0.243 e. The van der Waals surface area contributed by atoms with Gasteiger partial charge in [-0.05, 0) is 62.9 Å². The molecule has 1 N–H and O–H groups in total. The average molecular weight is 564 g/mol. The van der Waals surface area contributed by atoms with Crippen LogP contribution in [0.3, 0.4) is 0 Å². The number of hydrogen-bond donors (Lipinski definition) is 1. The fraction of sp³-hybridized carbons (Fsp3) is 0.375. The van der Waals surface area contributed by atoms with Crippen LogP contribution < -0.4 is 9.62 Å². The van der Waals surface area contributed by atoms with E-state index in [0.717, 1.165) is 22.3 Å². The van der Waals surface area contributed by atoms with Gasteiger partial charge in [-0.15, -0.1) is 0 Å². The molecule has 1 atom stereocenters. The molecule has 0 saturated carbocycles. The van der Waals surface area contributed by atoms with Gasteiger partial charge in [-0.2, -0.15) is 0 Å². The molecule has 2 amide bonds. The van der Waals surface area contributed by atoms with Crippen LogP contribution >= 0.6 is 0 Å². The van der Waals surface area contributed by atoms with Gasteiger partial charge in [0.25, 0.3) is 0 Å². The molecule has 214 valence electrons. The molecule has 3 rings (SSSR count). The molecule has 0 saturated heterocycles. The van der Waals surface area contributed by atoms with Crippen molar-refractivity contribution in [3.8, 4) is 0 Å². The zero-order chi connectivity index (χ0) is 29.3. The van der Waals surface area contributed by atoms with Crippen LogP contribution in [0.5, 0.6) is 0 Å². The van der Waals surface area contributed by atoms with Crippen molar-refractivity contribution in [1.29, 1.82) is 0 Å². The summed E-state index contributed by atoms with van der Waals surface area (Å²) in [6.45, 7) is 8.13. The first-order valence-electron chi connectivity index (χ1n) is 13.7. The van der Waals surface area contributed by atoms with E-state index in [0.29, 0.717) is 18.5 Å². The minimum absolute atomic E-state index is 0.0839. The maximum absolute atomic E-state index is 13.9. The molecule has 0 aliphatic rings. The number of nitrogens with one attached hydrogen (secondary N) is 1. The number of nitrogens with zero attached hydrogens (tertiary/aromatic N) is 2. The molecule has 0 bridgehead atoms. The summed E-state index contributed by atoms with van der Waals surface area (Å²) in [5.74, 6) is -0.406. The molecule has 3 aromatic rings. The highest BCUT2D eigenvalue weighted by molar-refractivity contribution is 7.92. The average Bonchev–Trinajstić information content (AvgIpc) is 2.88. The number of rotatable bonds is 13. The Morgan fingerprint density at radius 3 is 2.08 bits per heavy atom. The number of sulfonamides is 1. The molecule has 0 radical (unpaired) electrons. The van der Waals surface area contributed by atoms with Gasteiger partial charge in [-0.25, -0.2) is 8.42 Å². The minimum atomic E-state index is -3.55. The molecule has 0 heterocycles. The first-order chi connectivity index (χ1) is 18.9. The van der Waals surface area contributed by atoms with E-state index in [1.54, 1.807) is 11.0 Å². The lowest BCUT2D eigenvalue weighted by atomic mass is 10.0. The fourth-order valence-electron chi connectivity index (χ4n) is 4.73. The minimum Gasteiger partial charge on any atom is -0.352 e. The van der Waals surface area contributed by atoms with Crippen molar-refractivity contribution in [2.24, 2.45) is 0 Å². The zero-order valence-electron chi connectivity index (χ0n) is 24.1.